The molecule has 3 aromatic rings. The largest absolute Gasteiger partial charge is 0.330 e. The van der Waals surface area contributed by atoms with E-state index in [1.54, 1.807) is 11.3 Å². The minimum absolute atomic E-state index is 0.710. The molecular weight excluding hydrogens is 391 g/mol. The summed E-state index contributed by atoms with van der Waals surface area (Å²) in [5.41, 5.74) is 3.13. The standard InChI is InChI=1S/C14H10ClIN2S/c1-8-2-5-13-12(6-8)18-14(19-13)17-11-4-3-9(16)7-10(11)15/h2-7H,1H3,(H,17,18). The molecular formula is C14H10ClIN2S. The van der Waals surface area contributed by atoms with E-state index >= 15 is 0 Å². The van der Waals surface area contributed by atoms with Crippen molar-refractivity contribution in [1.82, 2.24) is 4.98 Å². The summed E-state index contributed by atoms with van der Waals surface area (Å²) in [6, 6.07) is 12.2. The molecule has 0 fully saturated rings. The van der Waals surface area contributed by atoms with E-state index < -0.39 is 0 Å². The van der Waals surface area contributed by atoms with Gasteiger partial charge in [0.1, 0.15) is 0 Å². The van der Waals surface area contributed by atoms with Gasteiger partial charge in [0, 0.05) is 3.57 Å². The molecule has 0 radical (unpaired) electrons. The highest BCUT2D eigenvalue weighted by molar-refractivity contribution is 14.1. The number of halogens is 2. The molecule has 0 bridgehead atoms. The van der Waals surface area contributed by atoms with Gasteiger partial charge in [0.05, 0.1) is 20.9 Å². The van der Waals surface area contributed by atoms with Crippen molar-refractivity contribution < 1.29 is 0 Å². The SMILES string of the molecule is Cc1ccc2sc(Nc3ccc(I)cc3Cl)nc2c1. The number of nitrogens with one attached hydrogen (secondary N) is 1. The Hall–Kier alpha value is -0.850. The maximum atomic E-state index is 6.21. The number of aryl methyl sites for hydroxylation is 1. The molecule has 0 saturated carbocycles. The smallest absolute Gasteiger partial charge is 0.188 e. The van der Waals surface area contributed by atoms with Crippen LogP contribution < -0.4 is 5.32 Å². The van der Waals surface area contributed by atoms with Crippen molar-refractivity contribution in [3.63, 3.8) is 0 Å². The molecule has 96 valence electrons. The lowest BCUT2D eigenvalue weighted by Crippen LogP contribution is -1.90. The second-order valence-corrected chi connectivity index (χ2v) is 6.92. The topological polar surface area (TPSA) is 24.9 Å². The van der Waals surface area contributed by atoms with Crippen LogP contribution in [0, 0.1) is 10.5 Å². The van der Waals surface area contributed by atoms with Crippen LogP contribution in [0.1, 0.15) is 5.56 Å². The van der Waals surface area contributed by atoms with Crippen molar-refractivity contribution in [2.24, 2.45) is 0 Å². The molecule has 0 aliphatic carbocycles. The highest BCUT2D eigenvalue weighted by atomic mass is 127. The van der Waals surface area contributed by atoms with Gasteiger partial charge < -0.3 is 5.32 Å². The fourth-order valence-corrected chi connectivity index (χ4v) is 3.56. The van der Waals surface area contributed by atoms with E-state index in [1.165, 1.54) is 10.3 Å². The van der Waals surface area contributed by atoms with Gasteiger partial charge in [-0.25, -0.2) is 4.98 Å². The van der Waals surface area contributed by atoms with Crippen molar-refractivity contribution in [3.05, 3.63) is 50.6 Å². The lowest BCUT2D eigenvalue weighted by atomic mass is 10.2. The van der Waals surface area contributed by atoms with Crippen molar-refractivity contribution in [2.75, 3.05) is 5.32 Å². The van der Waals surface area contributed by atoms with Gasteiger partial charge in [0.25, 0.3) is 0 Å². The fourth-order valence-electron chi connectivity index (χ4n) is 1.80. The van der Waals surface area contributed by atoms with E-state index in [0.29, 0.717) is 5.02 Å². The second-order valence-electron chi connectivity index (χ2n) is 4.24. The van der Waals surface area contributed by atoms with Gasteiger partial charge in [-0.15, -0.1) is 0 Å². The Morgan fingerprint density at radius 3 is 2.84 bits per heavy atom. The molecule has 3 rings (SSSR count). The van der Waals surface area contributed by atoms with Crippen LogP contribution in [0.4, 0.5) is 10.8 Å². The van der Waals surface area contributed by atoms with Gasteiger partial charge in [0.2, 0.25) is 0 Å². The van der Waals surface area contributed by atoms with Crippen LogP contribution in [0.25, 0.3) is 10.2 Å². The zero-order valence-corrected chi connectivity index (χ0v) is 13.8. The fraction of sp³-hybridized carbons (Fsp3) is 0.0714. The summed E-state index contributed by atoms with van der Waals surface area (Å²) >= 11 is 10.1. The predicted molar refractivity (Wildman–Crippen MR) is 91.8 cm³/mol. The number of benzene rings is 2. The van der Waals surface area contributed by atoms with E-state index in [4.69, 9.17) is 11.6 Å². The average molecular weight is 401 g/mol. The summed E-state index contributed by atoms with van der Waals surface area (Å²) in [7, 11) is 0. The van der Waals surface area contributed by atoms with Crippen LogP contribution in [-0.2, 0) is 0 Å². The Morgan fingerprint density at radius 1 is 1.21 bits per heavy atom. The van der Waals surface area contributed by atoms with E-state index in [0.717, 1.165) is 19.9 Å². The highest BCUT2D eigenvalue weighted by Crippen LogP contribution is 2.32. The summed E-state index contributed by atoms with van der Waals surface area (Å²) in [6.07, 6.45) is 0. The summed E-state index contributed by atoms with van der Waals surface area (Å²) < 4.78 is 2.29. The Balaban J connectivity index is 1.96. The molecule has 0 saturated heterocycles. The molecule has 0 aliphatic rings. The van der Waals surface area contributed by atoms with Gasteiger partial charge in [-0.3, -0.25) is 0 Å². The van der Waals surface area contributed by atoms with E-state index in [1.807, 2.05) is 18.2 Å². The number of anilines is 2. The normalized spacial score (nSPS) is 10.9. The van der Waals surface area contributed by atoms with E-state index in [9.17, 15) is 0 Å². The maximum absolute atomic E-state index is 6.21. The first-order valence-corrected chi connectivity index (χ1v) is 7.98. The summed E-state index contributed by atoms with van der Waals surface area (Å²) in [5, 5.41) is 4.86. The minimum Gasteiger partial charge on any atom is -0.330 e. The quantitative estimate of drug-likeness (QED) is 0.566. The number of nitrogens with zero attached hydrogens (tertiary/aromatic N) is 1. The van der Waals surface area contributed by atoms with Crippen LogP contribution in [0.5, 0.6) is 0 Å². The van der Waals surface area contributed by atoms with Crippen molar-refractivity contribution >= 4 is 66.6 Å². The molecule has 5 heteroatoms. The number of hydrogen-bond acceptors (Lipinski definition) is 3. The molecule has 0 spiro atoms. The summed E-state index contributed by atoms with van der Waals surface area (Å²) in [4.78, 5) is 4.58. The first-order chi connectivity index (χ1) is 9.11. The third kappa shape index (κ3) is 2.85. The summed E-state index contributed by atoms with van der Waals surface area (Å²) in [6.45, 7) is 2.07. The molecule has 19 heavy (non-hydrogen) atoms. The van der Waals surface area contributed by atoms with Gasteiger partial charge in [0.15, 0.2) is 5.13 Å². The monoisotopic (exact) mass is 400 g/mol. The zero-order valence-electron chi connectivity index (χ0n) is 10.1. The van der Waals surface area contributed by atoms with Crippen LogP contribution in [0.3, 0.4) is 0 Å². The lowest BCUT2D eigenvalue weighted by Gasteiger charge is -2.04. The van der Waals surface area contributed by atoms with Crippen molar-refractivity contribution in [1.29, 1.82) is 0 Å². The highest BCUT2D eigenvalue weighted by Gasteiger charge is 2.06. The van der Waals surface area contributed by atoms with Gasteiger partial charge in [-0.1, -0.05) is 29.0 Å². The average Bonchev–Trinajstić information content (AvgIpc) is 2.74. The molecule has 1 heterocycles. The van der Waals surface area contributed by atoms with Crippen LogP contribution >= 0.6 is 45.5 Å². The molecule has 0 atom stereocenters. The lowest BCUT2D eigenvalue weighted by molar-refractivity contribution is 1.42. The number of fused-ring (bicyclic) bond motifs is 1. The number of aromatic nitrogens is 1. The third-order valence-corrected chi connectivity index (χ3v) is 4.65. The molecule has 1 aromatic heterocycles. The molecule has 1 N–H and O–H groups in total. The first kappa shape index (κ1) is 13.1. The molecule has 0 aliphatic heterocycles. The number of thiazole rings is 1. The Labute approximate surface area is 134 Å². The van der Waals surface area contributed by atoms with Crippen molar-refractivity contribution in [2.45, 2.75) is 6.92 Å². The molecule has 2 aromatic carbocycles. The van der Waals surface area contributed by atoms with E-state index in [-0.39, 0.29) is 0 Å². The summed E-state index contributed by atoms with van der Waals surface area (Å²) in [5.74, 6) is 0. The Bertz CT molecular complexity index is 754. The van der Waals surface area contributed by atoms with Crippen LogP contribution in [-0.4, -0.2) is 4.98 Å². The number of rotatable bonds is 2. The van der Waals surface area contributed by atoms with Gasteiger partial charge >= 0.3 is 0 Å². The second kappa shape index (κ2) is 5.26. The zero-order chi connectivity index (χ0) is 13.4. The first-order valence-electron chi connectivity index (χ1n) is 5.71. The van der Waals surface area contributed by atoms with Gasteiger partial charge in [-0.05, 0) is 65.4 Å². The van der Waals surface area contributed by atoms with Crippen molar-refractivity contribution in [3.8, 4) is 0 Å². The Morgan fingerprint density at radius 2 is 2.05 bits per heavy atom. The minimum atomic E-state index is 0.710. The molecule has 2 nitrogen and oxygen atoms in total. The predicted octanol–water partition coefficient (Wildman–Crippen LogP) is 5.61. The molecule has 0 unspecified atom stereocenters. The van der Waals surface area contributed by atoms with E-state index in [2.05, 4.69) is 58.0 Å². The third-order valence-electron chi connectivity index (χ3n) is 2.72. The Kier molecular flexibility index (Phi) is 3.64. The van der Waals surface area contributed by atoms with Gasteiger partial charge in [-0.2, -0.15) is 0 Å². The molecule has 0 amide bonds. The van der Waals surface area contributed by atoms with Crippen LogP contribution in [0.15, 0.2) is 36.4 Å². The van der Waals surface area contributed by atoms with Crippen LogP contribution in [0.2, 0.25) is 5.02 Å². The maximum Gasteiger partial charge on any atom is 0.188 e. The number of hydrogen-bond donors (Lipinski definition) is 1.